The summed E-state index contributed by atoms with van der Waals surface area (Å²) in [4.78, 5) is 11.3. The molecule has 0 aliphatic heterocycles. The number of carboxylic acids is 1. The molecule has 7 nitrogen and oxygen atoms in total. The van der Waals surface area contributed by atoms with Crippen molar-refractivity contribution in [1.82, 2.24) is 4.31 Å². The molecule has 0 heterocycles. The van der Waals surface area contributed by atoms with Crippen molar-refractivity contribution in [3.05, 3.63) is 48.0 Å². The van der Waals surface area contributed by atoms with Crippen LogP contribution in [0.25, 0.3) is 0 Å². The molecule has 0 atom stereocenters. The van der Waals surface area contributed by atoms with Crippen molar-refractivity contribution in [2.45, 2.75) is 38.5 Å². The van der Waals surface area contributed by atoms with Gasteiger partial charge in [-0.3, -0.25) is 0 Å². The van der Waals surface area contributed by atoms with E-state index in [4.69, 9.17) is 4.74 Å². The molecule has 0 spiro atoms. The van der Waals surface area contributed by atoms with E-state index in [0.29, 0.717) is 18.0 Å². The number of rotatable bonds is 9. The summed E-state index contributed by atoms with van der Waals surface area (Å²) in [5.41, 5.74) is 0.197. The molecule has 0 saturated heterocycles. The van der Waals surface area contributed by atoms with Gasteiger partial charge >= 0.3 is 5.97 Å². The molecule has 0 amide bonds. The van der Waals surface area contributed by atoms with E-state index in [1.54, 1.807) is 24.3 Å². The van der Waals surface area contributed by atoms with Crippen molar-refractivity contribution in [2.75, 3.05) is 26.0 Å². The van der Waals surface area contributed by atoms with Crippen LogP contribution in [0.15, 0.2) is 47.4 Å². The van der Waals surface area contributed by atoms with E-state index in [9.17, 15) is 18.3 Å². The van der Waals surface area contributed by atoms with E-state index in [2.05, 4.69) is 5.32 Å². The topological polar surface area (TPSA) is 95.9 Å². The highest BCUT2D eigenvalue weighted by Crippen LogP contribution is 2.38. The second-order valence-corrected chi connectivity index (χ2v) is 8.26. The van der Waals surface area contributed by atoms with Crippen molar-refractivity contribution >= 4 is 21.7 Å². The number of carboxylic acid groups (broad SMARTS) is 1. The zero-order valence-electron chi connectivity index (χ0n) is 17.6. The maximum Gasteiger partial charge on any atom is 0.335 e. The molecule has 0 bridgehead atoms. The first kappa shape index (κ1) is 24.5. The molecule has 0 fully saturated rings. The van der Waals surface area contributed by atoms with Gasteiger partial charge in [-0.1, -0.05) is 45.4 Å². The summed E-state index contributed by atoms with van der Waals surface area (Å²) in [6.45, 7) is 6.59. The molecule has 2 N–H and O–H groups in total. The van der Waals surface area contributed by atoms with E-state index >= 15 is 0 Å². The number of hydrogen-bond donors (Lipinski definition) is 2. The van der Waals surface area contributed by atoms with Gasteiger partial charge in [-0.05, 0) is 30.7 Å². The highest BCUT2D eigenvalue weighted by Gasteiger charge is 2.27. The van der Waals surface area contributed by atoms with Gasteiger partial charge in [0.2, 0.25) is 10.0 Å². The lowest BCUT2D eigenvalue weighted by molar-refractivity contribution is 0.0696. The molecule has 2 aromatic carbocycles. The monoisotopic (exact) mass is 422 g/mol. The smallest absolute Gasteiger partial charge is 0.335 e. The van der Waals surface area contributed by atoms with E-state index in [1.165, 1.54) is 20.2 Å². The average molecular weight is 423 g/mol. The second kappa shape index (κ2) is 11.4. The van der Waals surface area contributed by atoms with Crippen LogP contribution in [0.2, 0.25) is 0 Å². The predicted octanol–water partition coefficient (Wildman–Crippen LogP) is 4.67. The fraction of sp³-hybridized carbons (Fsp3) is 0.381. The summed E-state index contributed by atoms with van der Waals surface area (Å²) in [5, 5.41) is 12.5. The van der Waals surface area contributed by atoms with Crippen LogP contribution >= 0.6 is 0 Å². The highest BCUT2D eigenvalue weighted by atomic mass is 32.2. The number of nitrogens with one attached hydrogen (secondary N) is 1. The molecule has 0 aliphatic rings. The van der Waals surface area contributed by atoms with Crippen LogP contribution in [0.4, 0.5) is 5.69 Å². The molecule has 160 valence electrons. The fourth-order valence-electron chi connectivity index (χ4n) is 2.36. The minimum Gasteiger partial charge on any atom is -0.478 e. The third-order valence-corrected chi connectivity index (χ3v) is 5.69. The number of para-hydroxylation sites is 1. The number of aromatic carboxylic acids is 1. The number of sulfonamides is 1. The summed E-state index contributed by atoms with van der Waals surface area (Å²) in [5.74, 6) is -0.680. The van der Waals surface area contributed by atoms with Crippen molar-refractivity contribution in [2.24, 2.45) is 0 Å². The van der Waals surface area contributed by atoms with Gasteiger partial charge in [-0.25, -0.2) is 17.5 Å². The largest absolute Gasteiger partial charge is 0.478 e. The summed E-state index contributed by atoms with van der Waals surface area (Å²) in [7, 11) is -1.16. The number of unbranched alkanes of at least 4 members (excludes halogenated alkanes) is 1. The number of benzene rings is 2. The number of hydrogen-bond acceptors (Lipinski definition) is 5. The van der Waals surface area contributed by atoms with Crippen LogP contribution in [0.3, 0.4) is 0 Å². The first-order chi connectivity index (χ1) is 13.8. The molecule has 2 rings (SSSR count). The zero-order chi connectivity index (χ0) is 22.0. The molecular formula is C21H30N2O5S. The van der Waals surface area contributed by atoms with Crippen LogP contribution in [0.1, 0.15) is 44.0 Å². The van der Waals surface area contributed by atoms with E-state index in [1.807, 2.05) is 26.8 Å². The minimum absolute atomic E-state index is 0.0796. The maximum atomic E-state index is 12.8. The summed E-state index contributed by atoms with van der Waals surface area (Å²) < 4.78 is 32.6. The summed E-state index contributed by atoms with van der Waals surface area (Å²) >= 11 is 0. The van der Waals surface area contributed by atoms with Gasteiger partial charge in [0.25, 0.3) is 0 Å². The quantitative estimate of drug-likeness (QED) is 0.570. The van der Waals surface area contributed by atoms with Gasteiger partial charge < -0.3 is 15.2 Å². The third kappa shape index (κ3) is 6.47. The standard InChI is InChI=1S/C19H24N2O5S.C2H6/c1-4-5-11-20-16-12-14(19(22)23)13-17(27(24,25)21(2)3)18(16)26-15-9-7-6-8-10-15;1-2/h6-10,12-13,20H,4-5,11H2,1-3H3,(H,22,23);1-2H3. The van der Waals surface area contributed by atoms with Gasteiger partial charge in [-0.2, -0.15) is 0 Å². The molecule has 0 radical (unpaired) electrons. The Morgan fingerprint density at radius 2 is 1.76 bits per heavy atom. The maximum absolute atomic E-state index is 12.8. The van der Waals surface area contributed by atoms with Gasteiger partial charge in [-0.15, -0.1) is 0 Å². The molecule has 0 saturated carbocycles. The van der Waals surface area contributed by atoms with Crippen molar-refractivity contribution < 1.29 is 23.1 Å². The van der Waals surface area contributed by atoms with E-state index in [0.717, 1.165) is 23.2 Å². The van der Waals surface area contributed by atoms with Crippen molar-refractivity contribution in [3.63, 3.8) is 0 Å². The zero-order valence-corrected chi connectivity index (χ0v) is 18.4. The number of anilines is 1. The van der Waals surface area contributed by atoms with Crippen molar-refractivity contribution in [1.29, 1.82) is 0 Å². The second-order valence-electron chi connectivity index (χ2n) is 6.14. The van der Waals surface area contributed by atoms with Crippen LogP contribution in [-0.2, 0) is 10.0 Å². The molecule has 0 unspecified atom stereocenters. The Hall–Kier alpha value is -2.58. The molecule has 29 heavy (non-hydrogen) atoms. The Bertz CT molecular complexity index is 897. The Morgan fingerprint density at radius 1 is 1.14 bits per heavy atom. The number of ether oxygens (including phenoxy) is 1. The normalized spacial score (nSPS) is 10.8. The van der Waals surface area contributed by atoms with Gasteiger partial charge in [0.15, 0.2) is 5.75 Å². The van der Waals surface area contributed by atoms with Gasteiger partial charge in [0, 0.05) is 20.6 Å². The summed E-state index contributed by atoms with van der Waals surface area (Å²) in [6, 6.07) is 11.3. The lowest BCUT2D eigenvalue weighted by atomic mass is 10.1. The lowest BCUT2D eigenvalue weighted by Gasteiger charge is -2.20. The molecule has 0 aliphatic carbocycles. The SMILES string of the molecule is CC.CCCCNc1cc(C(=O)O)cc(S(=O)(=O)N(C)C)c1Oc1ccccc1. The van der Waals surface area contributed by atoms with E-state index in [-0.39, 0.29) is 16.2 Å². The van der Waals surface area contributed by atoms with E-state index < -0.39 is 16.0 Å². The minimum atomic E-state index is -3.93. The van der Waals surface area contributed by atoms with Crippen molar-refractivity contribution in [3.8, 4) is 11.5 Å². The molecule has 0 aromatic heterocycles. The molecule has 8 heteroatoms. The van der Waals surface area contributed by atoms with Crippen LogP contribution < -0.4 is 10.1 Å². The van der Waals surface area contributed by atoms with Gasteiger partial charge in [0.1, 0.15) is 10.6 Å². The third-order valence-electron chi connectivity index (χ3n) is 3.87. The number of carbonyl (C=O) groups is 1. The Morgan fingerprint density at radius 3 is 2.28 bits per heavy atom. The summed E-state index contributed by atoms with van der Waals surface area (Å²) in [6.07, 6.45) is 1.78. The Kier molecular flexibility index (Phi) is 9.64. The number of nitrogens with zero attached hydrogens (tertiary/aromatic N) is 1. The van der Waals surface area contributed by atoms with Gasteiger partial charge in [0.05, 0.1) is 11.3 Å². The first-order valence-electron chi connectivity index (χ1n) is 9.58. The Labute approximate surface area is 173 Å². The first-order valence-corrected chi connectivity index (χ1v) is 11.0. The van der Waals surface area contributed by atoms with Crippen LogP contribution in [0.5, 0.6) is 11.5 Å². The predicted molar refractivity (Wildman–Crippen MR) is 116 cm³/mol. The lowest BCUT2D eigenvalue weighted by Crippen LogP contribution is -2.23. The highest BCUT2D eigenvalue weighted by molar-refractivity contribution is 7.89. The Balaban J connectivity index is 0.00000204. The van der Waals surface area contributed by atoms with Crippen LogP contribution in [-0.4, -0.2) is 44.4 Å². The van der Waals surface area contributed by atoms with Crippen LogP contribution in [0, 0.1) is 0 Å². The molecular weight excluding hydrogens is 392 g/mol. The fourth-order valence-corrected chi connectivity index (χ4v) is 3.41. The molecule has 2 aromatic rings. The average Bonchev–Trinajstić information content (AvgIpc) is 2.71.